The Hall–Kier alpha value is -0.320. The Bertz CT molecular complexity index is 196. The van der Waals surface area contributed by atoms with Gasteiger partial charge in [0, 0.05) is 19.2 Å². The summed E-state index contributed by atoms with van der Waals surface area (Å²) >= 11 is 0. The van der Waals surface area contributed by atoms with E-state index < -0.39 is 0 Å². The number of amides is 1. The lowest BCUT2D eigenvalue weighted by Crippen LogP contribution is -2.42. The molecule has 2 atom stereocenters. The van der Waals surface area contributed by atoms with Crippen LogP contribution in [0.15, 0.2) is 0 Å². The summed E-state index contributed by atoms with van der Waals surface area (Å²) in [6.07, 6.45) is 2.81. The van der Waals surface area contributed by atoms with E-state index in [2.05, 4.69) is 17.6 Å². The van der Waals surface area contributed by atoms with E-state index in [9.17, 15) is 4.79 Å². The van der Waals surface area contributed by atoms with Crippen LogP contribution < -0.4 is 10.6 Å². The Morgan fingerprint density at radius 2 is 2.38 bits per heavy atom. The molecule has 5 heteroatoms. The van der Waals surface area contributed by atoms with Gasteiger partial charge in [0.05, 0.1) is 0 Å². The Morgan fingerprint density at radius 3 is 2.94 bits per heavy atom. The Kier molecular flexibility index (Phi) is 8.61. The van der Waals surface area contributed by atoms with Crippen molar-refractivity contribution in [2.45, 2.75) is 45.3 Å². The summed E-state index contributed by atoms with van der Waals surface area (Å²) < 4.78 is 5.42. The largest absolute Gasteiger partial charge is 0.369 e. The summed E-state index contributed by atoms with van der Waals surface area (Å²) in [5, 5.41) is 6.19. The molecule has 1 rings (SSSR count). The maximum atomic E-state index is 11.6. The number of nitrogens with one attached hydrogen (secondary N) is 2. The second kappa shape index (κ2) is 8.79. The van der Waals surface area contributed by atoms with Crippen LogP contribution in [0, 0.1) is 0 Å². The molecule has 2 unspecified atom stereocenters. The summed E-state index contributed by atoms with van der Waals surface area (Å²) in [7, 11) is 0. The van der Waals surface area contributed by atoms with Crippen molar-refractivity contribution in [1.82, 2.24) is 10.6 Å². The maximum absolute atomic E-state index is 11.6. The maximum Gasteiger partial charge on any atom is 0.249 e. The standard InChI is InChI=1S/C11H22N2O2.ClH/c1-3-4-7-15-9(2)11(14)13-10-5-6-12-8-10;/h9-10,12H,3-8H2,1-2H3,(H,13,14);1H. The molecule has 0 spiro atoms. The van der Waals surface area contributed by atoms with Crippen LogP contribution in [0.5, 0.6) is 0 Å². The zero-order chi connectivity index (χ0) is 11.1. The van der Waals surface area contributed by atoms with E-state index in [1.54, 1.807) is 0 Å². The second-order valence-corrected chi connectivity index (χ2v) is 4.06. The number of carbonyl (C=O) groups excluding carboxylic acids is 1. The molecule has 0 aromatic rings. The minimum Gasteiger partial charge on any atom is -0.369 e. The van der Waals surface area contributed by atoms with Crippen molar-refractivity contribution in [2.75, 3.05) is 19.7 Å². The molecule has 1 aliphatic heterocycles. The number of unbranched alkanes of at least 4 members (excludes halogenated alkanes) is 1. The van der Waals surface area contributed by atoms with Gasteiger partial charge in [-0.2, -0.15) is 0 Å². The molecule has 1 aliphatic rings. The summed E-state index contributed by atoms with van der Waals surface area (Å²) in [6.45, 7) is 6.48. The van der Waals surface area contributed by atoms with Crippen LogP contribution in [-0.2, 0) is 9.53 Å². The molecule has 1 amide bonds. The first-order valence-electron chi connectivity index (χ1n) is 5.86. The lowest BCUT2D eigenvalue weighted by Gasteiger charge is -2.16. The van der Waals surface area contributed by atoms with E-state index in [4.69, 9.17) is 4.74 Å². The quantitative estimate of drug-likeness (QED) is 0.694. The highest BCUT2D eigenvalue weighted by Crippen LogP contribution is 2.00. The third-order valence-corrected chi connectivity index (χ3v) is 2.64. The van der Waals surface area contributed by atoms with Gasteiger partial charge in [0.1, 0.15) is 6.10 Å². The summed E-state index contributed by atoms with van der Waals surface area (Å²) in [6, 6.07) is 0.287. The molecule has 0 aliphatic carbocycles. The number of hydrogen-bond donors (Lipinski definition) is 2. The fraction of sp³-hybridized carbons (Fsp3) is 0.909. The minimum absolute atomic E-state index is 0. The van der Waals surface area contributed by atoms with Crippen molar-refractivity contribution < 1.29 is 9.53 Å². The molecular formula is C11H23ClN2O2. The zero-order valence-corrected chi connectivity index (χ0v) is 10.9. The van der Waals surface area contributed by atoms with E-state index in [0.29, 0.717) is 6.61 Å². The highest BCUT2D eigenvalue weighted by molar-refractivity contribution is 5.85. The number of hydrogen-bond acceptors (Lipinski definition) is 3. The SMILES string of the molecule is CCCCOC(C)C(=O)NC1CCNC1.Cl. The average Bonchev–Trinajstić information content (AvgIpc) is 2.70. The Labute approximate surface area is 104 Å². The topological polar surface area (TPSA) is 50.4 Å². The van der Waals surface area contributed by atoms with Gasteiger partial charge in [0.2, 0.25) is 5.91 Å². The van der Waals surface area contributed by atoms with Crippen LogP contribution in [0.1, 0.15) is 33.1 Å². The van der Waals surface area contributed by atoms with Gasteiger partial charge in [-0.05, 0) is 26.3 Å². The molecule has 16 heavy (non-hydrogen) atoms. The van der Waals surface area contributed by atoms with Gasteiger partial charge >= 0.3 is 0 Å². The predicted octanol–water partition coefficient (Wildman–Crippen LogP) is 1.09. The predicted molar refractivity (Wildman–Crippen MR) is 67.0 cm³/mol. The summed E-state index contributed by atoms with van der Waals surface area (Å²) in [5.74, 6) is 0.0137. The molecule has 1 saturated heterocycles. The lowest BCUT2D eigenvalue weighted by atomic mass is 10.2. The summed E-state index contributed by atoms with van der Waals surface area (Å²) in [5.41, 5.74) is 0. The number of carbonyl (C=O) groups is 1. The Morgan fingerprint density at radius 1 is 1.62 bits per heavy atom. The fourth-order valence-electron chi connectivity index (χ4n) is 1.58. The molecule has 1 fully saturated rings. The van der Waals surface area contributed by atoms with E-state index in [0.717, 1.165) is 32.4 Å². The van der Waals surface area contributed by atoms with Crippen molar-refractivity contribution >= 4 is 18.3 Å². The molecule has 1 heterocycles. The van der Waals surface area contributed by atoms with Crippen molar-refractivity contribution in [2.24, 2.45) is 0 Å². The molecule has 96 valence electrons. The second-order valence-electron chi connectivity index (χ2n) is 4.06. The first-order valence-corrected chi connectivity index (χ1v) is 5.86. The van der Waals surface area contributed by atoms with Gasteiger partial charge in [-0.25, -0.2) is 0 Å². The molecular weight excluding hydrogens is 228 g/mol. The van der Waals surface area contributed by atoms with Gasteiger partial charge in [-0.15, -0.1) is 12.4 Å². The lowest BCUT2D eigenvalue weighted by molar-refractivity contribution is -0.132. The van der Waals surface area contributed by atoms with Gasteiger partial charge in [0.25, 0.3) is 0 Å². The van der Waals surface area contributed by atoms with Crippen molar-refractivity contribution in [3.05, 3.63) is 0 Å². The Balaban J connectivity index is 0.00000225. The fourth-order valence-corrected chi connectivity index (χ4v) is 1.58. The summed E-state index contributed by atoms with van der Waals surface area (Å²) in [4.78, 5) is 11.6. The molecule has 0 aromatic carbocycles. The van der Waals surface area contributed by atoms with Crippen molar-refractivity contribution in [1.29, 1.82) is 0 Å². The van der Waals surface area contributed by atoms with E-state index in [1.165, 1.54) is 0 Å². The third-order valence-electron chi connectivity index (χ3n) is 2.64. The highest BCUT2D eigenvalue weighted by atomic mass is 35.5. The number of ether oxygens (including phenoxy) is 1. The first kappa shape index (κ1) is 15.7. The van der Waals surface area contributed by atoms with Gasteiger partial charge in [-0.3, -0.25) is 4.79 Å². The van der Waals surface area contributed by atoms with Crippen LogP contribution in [0.2, 0.25) is 0 Å². The highest BCUT2D eigenvalue weighted by Gasteiger charge is 2.20. The molecule has 4 nitrogen and oxygen atoms in total. The smallest absolute Gasteiger partial charge is 0.249 e. The van der Waals surface area contributed by atoms with Crippen LogP contribution in [-0.4, -0.2) is 37.7 Å². The van der Waals surface area contributed by atoms with Crippen molar-refractivity contribution in [3.63, 3.8) is 0 Å². The van der Waals surface area contributed by atoms with E-state index >= 15 is 0 Å². The van der Waals surface area contributed by atoms with Crippen LogP contribution in [0.3, 0.4) is 0 Å². The molecule has 0 saturated carbocycles. The number of rotatable bonds is 6. The normalized spacial score (nSPS) is 21.2. The molecule has 2 N–H and O–H groups in total. The van der Waals surface area contributed by atoms with Crippen LogP contribution >= 0.6 is 12.4 Å². The average molecular weight is 251 g/mol. The third kappa shape index (κ3) is 5.68. The van der Waals surface area contributed by atoms with Crippen LogP contribution in [0.25, 0.3) is 0 Å². The molecule has 0 radical (unpaired) electrons. The first-order chi connectivity index (χ1) is 7.24. The van der Waals surface area contributed by atoms with E-state index in [1.807, 2.05) is 6.92 Å². The molecule has 0 aromatic heterocycles. The minimum atomic E-state index is -0.322. The van der Waals surface area contributed by atoms with Gasteiger partial charge < -0.3 is 15.4 Å². The number of halogens is 1. The monoisotopic (exact) mass is 250 g/mol. The van der Waals surface area contributed by atoms with E-state index in [-0.39, 0.29) is 30.5 Å². The van der Waals surface area contributed by atoms with Gasteiger partial charge in [-0.1, -0.05) is 13.3 Å². The molecule has 0 bridgehead atoms. The van der Waals surface area contributed by atoms with Crippen molar-refractivity contribution in [3.8, 4) is 0 Å². The zero-order valence-electron chi connectivity index (χ0n) is 10.1. The van der Waals surface area contributed by atoms with Crippen LogP contribution in [0.4, 0.5) is 0 Å². The van der Waals surface area contributed by atoms with Gasteiger partial charge in [0.15, 0.2) is 0 Å².